The summed E-state index contributed by atoms with van der Waals surface area (Å²) in [5, 5.41) is 2.90. The van der Waals surface area contributed by atoms with Crippen LogP contribution in [0, 0.1) is 6.92 Å². The second-order valence-electron chi connectivity index (χ2n) is 5.12. The van der Waals surface area contributed by atoms with Gasteiger partial charge in [0.1, 0.15) is 0 Å². The summed E-state index contributed by atoms with van der Waals surface area (Å²) >= 11 is 12.9. The summed E-state index contributed by atoms with van der Waals surface area (Å²) in [4.78, 5) is 15.5. The highest BCUT2D eigenvalue weighted by atomic mass is 79.9. The Morgan fingerprint density at radius 2 is 2.05 bits per heavy atom. The topological polar surface area (TPSA) is 44.9 Å². The number of H-pyrrole nitrogens is 1. The molecule has 1 amide bonds. The Bertz CT molecular complexity index is 796. The Labute approximate surface area is 150 Å². The maximum atomic E-state index is 12.3. The molecule has 22 heavy (non-hydrogen) atoms. The lowest BCUT2D eigenvalue weighted by Crippen LogP contribution is -2.03. The molecule has 0 atom stereocenters. The number of alkyl halides is 1. The van der Waals surface area contributed by atoms with Gasteiger partial charge in [0.15, 0.2) is 0 Å². The van der Waals surface area contributed by atoms with E-state index in [1.807, 2.05) is 31.2 Å². The van der Waals surface area contributed by atoms with E-state index in [0.717, 1.165) is 43.6 Å². The van der Waals surface area contributed by atoms with E-state index in [9.17, 15) is 4.79 Å². The van der Waals surface area contributed by atoms with Gasteiger partial charge in [0.2, 0.25) is 0 Å². The first-order valence-electron chi connectivity index (χ1n) is 6.77. The van der Waals surface area contributed by atoms with Gasteiger partial charge in [0, 0.05) is 22.8 Å². The highest BCUT2D eigenvalue weighted by Crippen LogP contribution is 2.37. The van der Waals surface area contributed by atoms with Gasteiger partial charge in [-0.05, 0) is 69.0 Å². The molecule has 0 saturated heterocycles. The van der Waals surface area contributed by atoms with Crippen molar-refractivity contribution >= 4 is 66.7 Å². The van der Waals surface area contributed by atoms with E-state index in [-0.39, 0.29) is 5.91 Å². The van der Waals surface area contributed by atoms with Crippen molar-refractivity contribution in [2.45, 2.75) is 13.3 Å². The highest BCUT2D eigenvalue weighted by Gasteiger charge is 2.25. The zero-order chi connectivity index (χ0) is 15.9. The number of hydrogen-bond acceptors (Lipinski definition) is 1. The molecule has 2 N–H and O–H groups in total. The first-order chi connectivity index (χ1) is 10.5. The summed E-state index contributed by atoms with van der Waals surface area (Å²) < 4.78 is 1.88. The van der Waals surface area contributed by atoms with Crippen LogP contribution in [-0.4, -0.2) is 16.8 Å². The van der Waals surface area contributed by atoms with Gasteiger partial charge in [-0.3, -0.25) is 4.79 Å². The molecule has 1 aliphatic heterocycles. The number of amides is 1. The van der Waals surface area contributed by atoms with Crippen LogP contribution in [-0.2, 0) is 11.2 Å². The number of anilines is 1. The van der Waals surface area contributed by atoms with E-state index in [4.69, 9.17) is 11.6 Å². The monoisotopic (exact) mass is 442 g/mol. The average molecular weight is 445 g/mol. The first kappa shape index (κ1) is 15.8. The molecular weight excluding hydrogens is 431 g/mol. The van der Waals surface area contributed by atoms with Crippen molar-refractivity contribution in [2.24, 2.45) is 0 Å². The SMILES string of the molecule is Cc1[nH]c(C=C2C(=O)Nc3ccc(CCCl)cc32)c(Br)c1Br. The zero-order valence-electron chi connectivity index (χ0n) is 11.8. The standard InChI is InChI=1S/C16H13Br2ClN2O/c1-8-14(17)15(18)13(20-8)7-11-10-6-9(4-5-19)2-3-12(10)21-16(11)22/h2-3,6-7,20H,4-5H2,1H3,(H,21,22). The minimum atomic E-state index is -0.0895. The van der Waals surface area contributed by atoms with Crippen LogP contribution in [0.5, 0.6) is 0 Å². The van der Waals surface area contributed by atoms with Crippen molar-refractivity contribution in [3.63, 3.8) is 0 Å². The number of aryl methyl sites for hydroxylation is 2. The highest BCUT2D eigenvalue weighted by molar-refractivity contribution is 9.13. The van der Waals surface area contributed by atoms with Crippen molar-refractivity contribution < 1.29 is 4.79 Å². The van der Waals surface area contributed by atoms with Gasteiger partial charge in [-0.2, -0.15) is 0 Å². The molecule has 0 aliphatic carbocycles. The smallest absolute Gasteiger partial charge is 0.256 e. The van der Waals surface area contributed by atoms with E-state index in [1.54, 1.807) is 0 Å². The minimum Gasteiger partial charge on any atom is -0.357 e. The Morgan fingerprint density at radius 1 is 1.27 bits per heavy atom. The fourth-order valence-electron chi connectivity index (χ4n) is 2.48. The van der Waals surface area contributed by atoms with Crippen molar-refractivity contribution in [3.8, 4) is 0 Å². The molecule has 0 fully saturated rings. The number of aromatic nitrogens is 1. The summed E-state index contributed by atoms with van der Waals surface area (Å²) in [6.45, 7) is 1.97. The van der Waals surface area contributed by atoms with Gasteiger partial charge >= 0.3 is 0 Å². The lowest BCUT2D eigenvalue weighted by molar-refractivity contribution is -0.110. The van der Waals surface area contributed by atoms with Crippen LogP contribution in [0.25, 0.3) is 11.6 Å². The number of carbonyl (C=O) groups excluding carboxylic acids is 1. The maximum absolute atomic E-state index is 12.3. The summed E-state index contributed by atoms with van der Waals surface area (Å²) in [6.07, 6.45) is 2.65. The number of fused-ring (bicyclic) bond motifs is 1. The van der Waals surface area contributed by atoms with Crippen LogP contribution in [0.3, 0.4) is 0 Å². The van der Waals surface area contributed by atoms with E-state index >= 15 is 0 Å². The van der Waals surface area contributed by atoms with Gasteiger partial charge < -0.3 is 10.3 Å². The average Bonchev–Trinajstić information content (AvgIpc) is 2.92. The molecule has 1 aromatic carbocycles. The third-order valence-corrected chi connectivity index (χ3v) is 6.16. The number of nitrogens with one attached hydrogen (secondary N) is 2. The van der Waals surface area contributed by atoms with E-state index in [2.05, 4.69) is 42.2 Å². The van der Waals surface area contributed by atoms with Crippen molar-refractivity contribution in [2.75, 3.05) is 11.2 Å². The third kappa shape index (κ3) is 2.77. The van der Waals surface area contributed by atoms with Crippen LogP contribution in [0.15, 0.2) is 27.1 Å². The molecule has 114 valence electrons. The molecule has 0 radical (unpaired) electrons. The van der Waals surface area contributed by atoms with Crippen LogP contribution < -0.4 is 5.32 Å². The minimum absolute atomic E-state index is 0.0895. The quantitative estimate of drug-likeness (QED) is 0.501. The lowest BCUT2D eigenvalue weighted by Gasteiger charge is -2.03. The lowest BCUT2D eigenvalue weighted by atomic mass is 10.0. The van der Waals surface area contributed by atoms with Gasteiger partial charge in [0.25, 0.3) is 5.91 Å². The molecule has 1 aliphatic rings. The van der Waals surface area contributed by atoms with E-state index in [0.29, 0.717) is 11.5 Å². The van der Waals surface area contributed by atoms with Crippen LogP contribution in [0.2, 0.25) is 0 Å². The van der Waals surface area contributed by atoms with E-state index < -0.39 is 0 Å². The van der Waals surface area contributed by atoms with Gasteiger partial charge in [-0.25, -0.2) is 0 Å². The van der Waals surface area contributed by atoms with Gasteiger partial charge in [-0.1, -0.05) is 6.07 Å². The summed E-state index contributed by atoms with van der Waals surface area (Å²) in [5.74, 6) is 0.473. The molecule has 3 rings (SSSR count). The predicted molar refractivity (Wildman–Crippen MR) is 98.3 cm³/mol. The molecule has 0 bridgehead atoms. The second-order valence-corrected chi connectivity index (χ2v) is 7.09. The zero-order valence-corrected chi connectivity index (χ0v) is 15.7. The van der Waals surface area contributed by atoms with Crippen molar-refractivity contribution in [3.05, 3.63) is 49.7 Å². The Hall–Kier alpha value is -1.04. The molecular formula is C16H13Br2ClN2O. The molecule has 1 aromatic heterocycles. The second kappa shape index (κ2) is 6.22. The molecule has 3 nitrogen and oxygen atoms in total. The summed E-state index contributed by atoms with van der Waals surface area (Å²) in [6, 6.07) is 5.96. The number of benzene rings is 1. The maximum Gasteiger partial charge on any atom is 0.256 e. The number of rotatable bonds is 3. The number of carbonyl (C=O) groups is 1. The summed E-state index contributed by atoms with van der Waals surface area (Å²) in [7, 11) is 0. The normalized spacial score (nSPS) is 15.3. The number of hydrogen-bond donors (Lipinski definition) is 2. The number of halogens is 3. The van der Waals surface area contributed by atoms with E-state index in [1.165, 1.54) is 0 Å². The molecule has 0 unspecified atom stereocenters. The van der Waals surface area contributed by atoms with Gasteiger partial charge in [-0.15, -0.1) is 11.6 Å². The van der Waals surface area contributed by atoms with Crippen LogP contribution in [0.1, 0.15) is 22.5 Å². The Kier molecular flexibility index (Phi) is 4.48. The molecule has 0 saturated carbocycles. The van der Waals surface area contributed by atoms with Crippen LogP contribution in [0.4, 0.5) is 5.69 Å². The fourth-order valence-corrected chi connectivity index (χ4v) is 3.52. The van der Waals surface area contributed by atoms with Crippen molar-refractivity contribution in [1.82, 2.24) is 4.98 Å². The number of aromatic amines is 1. The Balaban J connectivity index is 2.08. The molecule has 2 aromatic rings. The largest absolute Gasteiger partial charge is 0.357 e. The third-order valence-electron chi connectivity index (χ3n) is 3.62. The first-order valence-corrected chi connectivity index (χ1v) is 8.89. The fraction of sp³-hybridized carbons (Fsp3) is 0.188. The van der Waals surface area contributed by atoms with Crippen LogP contribution >= 0.6 is 43.5 Å². The molecule has 0 spiro atoms. The van der Waals surface area contributed by atoms with Crippen molar-refractivity contribution in [1.29, 1.82) is 0 Å². The Morgan fingerprint density at radius 3 is 2.68 bits per heavy atom. The molecule has 2 heterocycles. The van der Waals surface area contributed by atoms with Gasteiger partial charge in [0.05, 0.1) is 20.2 Å². The molecule has 6 heteroatoms. The predicted octanol–water partition coefficient (Wildman–Crippen LogP) is 5.12. The summed E-state index contributed by atoms with van der Waals surface area (Å²) in [5.41, 5.74) is 5.41.